The zero-order valence-electron chi connectivity index (χ0n) is 18.3. The van der Waals surface area contributed by atoms with Gasteiger partial charge >= 0.3 is 0 Å². The Morgan fingerprint density at radius 2 is 1.83 bits per heavy atom. The molecular formula is C24H33N3O3. The molecule has 0 unspecified atom stereocenters. The fourth-order valence-electron chi connectivity index (χ4n) is 3.66. The molecule has 1 amide bonds. The van der Waals surface area contributed by atoms with E-state index in [-0.39, 0.29) is 5.91 Å². The Hall–Kier alpha value is -2.41. The molecule has 2 aromatic carbocycles. The minimum atomic E-state index is 0.0153. The smallest absolute Gasteiger partial charge is 0.234 e. The monoisotopic (exact) mass is 411 g/mol. The Balaban J connectivity index is 1.43. The van der Waals surface area contributed by atoms with Gasteiger partial charge in [0.05, 0.1) is 26.9 Å². The van der Waals surface area contributed by atoms with Crippen molar-refractivity contribution in [1.29, 1.82) is 0 Å². The van der Waals surface area contributed by atoms with Crippen LogP contribution < -0.4 is 10.1 Å². The minimum absolute atomic E-state index is 0.0153. The van der Waals surface area contributed by atoms with Gasteiger partial charge in [-0.05, 0) is 31.2 Å². The van der Waals surface area contributed by atoms with E-state index in [1.165, 1.54) is 11.1 Å². The molecule has 1 fully saturated rings. The number of likely N-dealkylation sites (N-methyl/N-ethyl adjacent to an activating group) is 1. The fourth-order valence-corrected chi connectivity index (χ4v) is 3.66. The Morgan fingerprint density at radius 1 is 1.13 bits per heavy atom. The van der Waals surface area contributed by atoms with Crippen LogP contribution in [0.4, 0.5) is 0 Å². The number of carbonyl (C=O) groups is 1. The lowest BCUT2D eigenvalue weighted by atomic mass is 10.1. The van der Waals surface area contributed by atoms with Gasteiger partial charge < -0.3 is 14.8 Å². The summed E-state index contributed by atoms with van der Waals surface area (Å²) in [5.74, 6) is 0.867. The summed E-state index contributed by atoms with van der Waals surface area (Å²) in [4.78, 5) is 16.8. The number of nitrogens with one attached hydrogen (secondary N) is 1. The maximum Gasteiger partial charge on any atom is 0.234 e. The number of rotatable bonds is 9. The zero-order chi connectivity index (χ0) is 21.3. The van der Waals surface area contributed by atoms with E-state index in [1.54, 1.807) is 7.11 Å². The first-order valence-corrected chi connectivity index (χ1v) is 10.5. The van der Waals surface area contributed by atoms with Crippen molar-refractivity contribution in [1.82, 2.24) is 15.1 Å². The van der Waals surface area contributed by atoms with E-state index in [0.29, 0.717) is 19.6 Å². The quantitative estimate of drug-likeness (QED) is 0.687. The molecule has 0 aromatic heterocycles. The second-order valence-corrected chi connectivity index (χ2v) is 7.97. The van der Waals surface area contributed by atoms with Crippen molar-refractivity contribution in [3.05, 3.63) is 64.7 Å². The molecule has 1 aliphatic heterocycles. The van der Waals surface area contributed by atoms with Crippen LogP contribution in [-0.2, 0) is 29.2 Å². The number of amides is 1. The van der Waals surface area contributed by atoms with Crippen molar-refractivity contribution >= 4 is 5.91 Å². The van der Waals surface area contributed by atoms with E-state index in [1.807, 2.05) is 24.1 Å². The van der Waals surface area contributed by atoms with Gasteiger partial charge in [0.2, 0.25) is 5.91 Å². The number of morpholine rings is 1. The number of hydrogen-bond acceptors (Lipinski definition) is 5. The first-order chi connectivity index (χ1) is 14.5. The van der Waals surface area contributed by atoms with Gasteiger partial charge in [0.1, 0.15) is 5.75 Å². The molecule has 1 saturated heterocycles. The first-order valence-electron chi connectivity index (χ1n) is 10.5. The Bertz CT molecular complexity index is 817. The van der Waals surface area contributed by atoms with Crippen molar-refractivity contribution in [2.24, 2.45) is 0 Å². The van der Waals surface area contributed by atoms with Crippen LogP contribution in [0.15, 0.2) is 42.5 Å². The number of carbonyl (C=O) groups excluding carboxylic acids is 1. The molecule has 2 aromatic rings. The standard InChI is InChI=1S/C24H33N3O3/c1-19-4-9-23(29-3)22(14-19)17-26(2)18-24(28)25-15-20-5-7-21(8-6-20)16-27-10-12-30-13-11-27/h4-9,14H,10-13,15-18H2,1-3H3,(H,25,28). The van der Waals surface area contributed by atoms with Gasteiger partial charge in [-0.25, -0.2) is 0 Å². The second-order valence-electron chi connectivity index (χ2n) is 7.97. The van der Waals surface area contributed by atoms with E-state index in [9.17, 15) is 4.79 Å². The highest BCUT2D eigenvalue weighted by Gasteiger charge is 2.12. The van der Waals surface area contributed by atoms with E-state index < -0.39 is 0 Å². The first kappa shape index (κ1) is 22.3. The third-order valence-electron chi connectivity index (χ3n) is 5.31. The van der Waals surface area contributed by atoms with Crippen molar-refractivity contribution in [3.8, 4) is 5.75 Å². The molecule has 0 bridgehead atoms. The van der Waals surface area contributed by atoms with Gasteiger partial charge in [0.15, 0.2) is 0 Å². The van der Waals surface area contributed by atoms with Crippen LogP contribution in [0.25, 0.3) is 0 Å². The third kappa shape index (κ3) is 6.83. The van der Waals surface area contributed by atoms with Crippen LogP contribution in [0.3, 0.4) is 0 Å². The molecule has 0 radical (unpaired) electrons. The molecule has 0 saturated carbocycles. The summed E-state index contributed by atoms with van der Waals surface area (Å²) in [6.07, 6.45) is 0. The average Bonchev–Trinajstić information content (AvgIpc) is 2.74. The van der Waals surface area contributed by atoms with E-state index in [2.05, 4.69) is 47.5 Å². The number of ether oxygens (including phenoxy) is 2. The summed E-state index contributed by atoms with van der Waals surface area (Å²) in [5, 5.41) is 3.02. The molecule has 6 heteroatoms. The topological polar surface area (TPSA) is 54.0 Å². The fraction of sp³-hybridized carbons (Fsp3) is 0.458. The minimum Gasteiger partial charge on any atom is -0.496 e. The van der Waals surface area contributed by atoms with E-state index in [4.69, 9.17) is 9.47 Å². The van der Waals surface area contributed by atoms with E-state index in [0.717, 1.165) is 49.7 Å². The van der Waals surface area contributed by atoms with E-state index >= 15 is 0 Å². The summed E-state index contributed by atoms with van der Waals surface area (Å²) < 4.78 is 10.8. The predicted octanol–water partition coefficient (Wildman–Crippen LogP) is 2.58. The van der Waals surface area contributed by atoms with Crippen LogP contribution >= 0.6 is 0 Å². The molecule has 0 aliphatic carbocycles. The van der Waals surface area contributed by atoms with Crippen LogP contribution in [0.2, 0.25) is 0 Å². The molecule has 0 spiro atoms. The van der Waals surface area contributed by atoms with Gasteiger partial charge in [-0.2, -0.15) is 0 Å². The highest BCUT2D eigenvalue weighted by atomic mass is 16.5. The third-order valence-corrected chi connectivity index (χ3v) is 5.31. The number of methoxy groups -OCH3 is 1. The molecule has 1 N–H and O–H groups in total. The summed E-state index contributed by atoms with van der Waals surface area (Å²) in [6, 6.07) is 14.6. The number of nitrogens with zero attached hydrogens (tertiary/aromatic N) is 2. The highest BCUT2D eigenvalue weighted by Crippen LogP contribution is 2.20. The average molecular weight is 412 g/mol. The van der Waals surface area contributed by atoms with Gasteiger partial charge in [-0.3, -0.25) is 14.6 Å². The number of hydrogen-bond donors (Lipinski definition) is 1. The Labute approximate surface area is 179 Å². The van der Waals surface area contributed by atoms with Crippen LogP contribution in [-0.4, -0.2) is 62.7 Å². The largest absolute Gasteiger partial charge is 0.496 e. The number of benzene rings is 2. The van der Waals surface area contributed by atoms with Gasteiger partial charge in [-0.15, -0.1) is 0 Å². The zero-order valence-corrected chi connectivity index (χ0v) is 18.3. The van der Waals surface area contributed by atoms with Crippen molar-refractivity contribution in [3.63, 3.8) is 0 Å². The molecule has 162 valence electrons. The second kappa shape index (κ2) is 11.1. The number of aryl methyl sites for hydroxylation is 1. The van der Waals surface area contributed by atoms with Crippen LogP contribution in [0, 0.1) is 6.92 Å². The Morgan fingerprint density at radius 3 is 2.53 bits per heavy atom. The summed E-state index contributed by atoms with van der Waals surface area (Å²) >= 11 is 0. The van der Waals surface area contributed by atoms with Crippen molar-refractivity contribution in [2.75, 3.05) is 47.0 Å². The lowest BCUT2D eigenvalue weighted by Gasteiger charge is -2.26. The normalized spacial score (nSPS) is 14.7. The molecule has 1 heterocycles. The molecular weight excluding hydrogens is 378 g/mol. The van der Waals surface area contributed by atoms with Gasteiger partial charge in [-0.1, -0.05) is 42.0 Å². The molecule has 6 nitrogen and oxygen atoms in total. The van der Waals surface area contributed by atoms with Gasteiger partial charge in [0, 0.05) is 38.3 Å². The lowest BCUT2D eigenvalue weighted by Crippen LogP contribution is -2.35. The van der Waals surface area contributed by atoms with Crippen molar-refractivity contribution < 1.29 is 14.3 Å². The summed E-state index contributed by atoms with van der Waals surface area (Å²) in [5.41, 5.74) is 4.67. The lowest BCUT2D eigenvalue weighted by molar-refractivity contribution is -0.122. The van der Waals surface area contributed by atoms with Crippen molar-refractivity contribution in [2.45, 2.75) is 26.6 Å². The predicted molar refractivity (Wildman–Crippen MR) is 118 cm³/mol. The maximum atomic E-state index is 12.4. The molecule has 0 atom stereocenters. The molecule has 3 rings (SSSR count). The molecule has 1 aliphatic rings. The molecule has 30 heavy (non-hydrogen) atoms. The van der Waals surface area contributed by atoms with Gasteiger partial charge in [0.25, 0.3) is 0 Å². The summed E-state index contributed by atoms with van der Waals surface area (Å²) in [7, 11) is 3.62. The highest BCUT2D eigenvalue weighted by molar-refractivity contribution is 5.78. The maximum absolute atomic E-state index is 12.4. The Kier molecular flexibility index (Phi) is 8.25. The van der Waals surface area contributed by atoms with Crippen LogP contribution in [0.5, 0.6) is 5.75 Å². The summed E-state index contributed by atoms with van der Waals surface area (Å²) in [6.45, 7) is 8.15. The SMILES string of the molecule is COc1ccc(C)cc1CN(C)CC(=O)NCc1ccc(CN2CCOCC2)cc1. The van der Waals surface area contributed by atoms with Crippen LogP contribution in [0.1, 0.15) is 22.3 Å².